The number of nitrogens with one attached hydrogen (secondary N) is 1. The van der Waals surface area contributed by atoms with Crippen molar-refractivity contribution in [3.05, 3.63) is 12.3 Å². The first-order chi connectivity index (χ1) is 12.8. The fraction of sp³-hybridized carbons (Fsp3) is 0.800. The first-order valence-corrected chi connectivity index (χ1v) is 10.3. The van der Waals surface area contributed by atoms with Crippen LogP contribution >= 0.6 is 0 Å². The van der Waals surface area contributed by atoms with Gasteiger partial charge in [0.15, 0.2) is 0 Å². The van der Waals surface area contributed by atoms with Crippen molar-refractivity contribution in [1.82, 2.24) is 14.9 Å². The van der Waals surface area contributed by atoms with Gasteiger partial charge in [-0.05, 0) is 45.2 Å². The van der Waals surface area contributed by atoms with Gasteiger partial charge in [0.25, 0.3) is 0 Å². The van der Waals surface area contributed by atoms with E-state index < -0.39 is 0 Å². The lowest BCUT2D eigenvalue weighted by molar-refractivity contribution is 0.0999. The van der Waals surface area contributed by atoms with E-state index in [1.165, 1.54) is 44.9 Å². The van der Waals surface area contributed by atoms with Crippen molar-refractivity contribution in [2.24, 2.45) is 0 Å². The Bertz CT molecular complexity index is 533. The molecule has 26 heavy (non-hydrogen) atoms. The van der Waals surface area contributed by atoms with Crippen molar-refractivity contribution in [2.75, 3.05) is 50.1 Å². The van der Waals surface area contributed by atoms with Crippen molar-refractivity contribution in [2.45, 2.75) is 64.0 Å². The van der Waals surface area contributed by atoms with E-state index >= 15 is 0 Å². The quantitative estimate of drug-likeness (QED) is 0.840. The van der Waals surface area contributed by atoms with Crippen molar-refractivity contribution in [1.29, 1.82) is 0 Å². The standard InChI is InChI=1S/C20H35N5O/c1-17(16-26-2)25-14-8-5-9-18(15-25)22-20-21-11-10-19(23-20)24-12-6-3-4-7-13-24/h10-11,17-18H,3-9,12-16H2,1-2H3,(H,21,22,23). The lowest BCUT2D eigenvalue weighted by Crippen LogP contribution is -2.42. The topological polar surface area (TPSA) is 53.5 Å². The minimum Gasteiger partial charge on any atom is -0.383 e. The van der Waals surface area contributed by atoms with E-state index in [-0.39, 0.29) is 0 Å². The average molecular weight is 362 g/mol. The summed E-state index contributed by atoms with van der Waals surface area (Å²) in [6, 6.07) is 2.90. The zero-order valence-corrected chi connectivity index (χ0v) is 16.5. The maximum atomic E-state index is 5.35. The van der Waals surface area contributed by atoms with E-state index in [1.54, 1.807) is 7.11 Å². The number of rotatable bonds is 6. The highest BCUT2D eigenvalue weighted by Crippen LogP contribution is 2.20. The number of methoxy groups -OCH3 is 1. The molecule has 1 aromatic rings. The SMILES string of the molecule is COCC(C)N1CCCCC(Nc2nccc(N3CCCCCC3)n2)C1. The largest absolute Gasteiger partial charge is 0.383 e. The Labute approximate surface area is 158 Å². The zero-order chi connectivity index (χ0) is 18.2. The molecule has 3 rings (SSSR count). The molecule has 6 heteroatoms. The summed E-state index contributed by atoms with van der Waals surface area (Å²) in [5.74, 6) is 1.85. The molecule has 0 aliphatic carbocycles. The molecule has 146 valence electrons. The third kappa shape index (κ3) is 5.55. The summed E-state index contributed by atoms with van der Waals surface area (Å²) in [6.07, 6.45) is 10.8. The summed E-state index contributed by atoms with van der Waals surface area (Å²) in [7, 11) is 1.78. The molecule has 1 aromatic heterocycles. The maximum absolute atomic E-state index is 5.35. The molecule has 0 aromatic carbocycles. The van der Waals surface area contributed by atoms with Crippen LogP contribution in [0.2, 0.25) is 0 Å². The van der Waals surface area contributed by atoms with E-state index in [0.29, 0.717) is 12.1 Å². The van der Waals surface area contributed by atoms with Crippen LogP contribution in [0, 0.1) is 0 Å². The van der Waals surface area contributed by atoms with Crippen molar-refractivity contribution < 1.29 is 4.74 Å². The third-order valence-corrected chi connectivity index (χ3v) is 5.64. The molecule has 0 bridgehead atoms. The Morgan fingerprint density at radius 3 is 2.69 bits per heavy atom. The fourth-order valence-corrected chi connectivity index (χ4v) is 4.11. The summed E-state index contributed by atoms with van der Waals surface area (Å²) in [5.41, 5.74) is 0. The number of aromatic nitrogens is 2. The monoisotopic (exact) mass is 361 g/mol. The van der Waals surface area contributed by atoms with Crippen LogP contribution in [0.4, 0.5) is 11.8 Å². The molecule has 2 aliphatic rings. The van der Waals surface area contributed by atoms with Gasteiger partial charge in [0.2, 0.25) is 5.95 Å². The molecule has 0 amide bonds. The summed E-state index contributed by atoms with van der Waals surface area (Å²) in [6.45, 7) is 7.44. The normalized spacial score (nSPS) is 23.9. The molecule has 2 aliphatic heterocycles. The van der Waals surface area contributed by atoms with Crippen LogP contribution in [0.25, 0.3) is 0 Å². The first kappa shape index (κ1) is 19.4. The fourth-order valence-electron chi connectivity index (χ4n) is 4.11. The molecule has 2 unspecified atom stereocenters. The molecule has 1 N–H and O–H groups in total. The van der Waals surface area contributed by atoms with E-state index in [1.807, 2.05) is 6.20 Å². The number of hydrogen-bond donors (Lipinski definition) is 1. The van der Waals surface area contributed by atoms with Gasteiger partial charge in [0.05, 0.1) is 6.61 Å². The smallest absolute Gasteiger partial charge is 0.224 e. The van der Waals surface area contributed by atoms with Crippen LogP contribution < -0.4 is 10.2 Å². The van der Waals surface area contributed by atoms with Crippen LogP contribution in [-0.4, -0.2) is 66.8 Å². The van der Waals surface area contributed by atoms with Gasteiger partial charge in [0, 0.05) is 45.0 Å². The Hall–Kier alpha value is -1.40. The van der Waals surface area contributed by atoms with Gasteiger partial charge in [-0.2, -0.15) is 4.98 Å². The second-order valence-corrected chi connectivity index (χ2v) is 7.78. The van der Waals surface area contributed by atoms with E-state index in [9.17, 15) is 0 Å². The predicted molar refractivity (Wildman–Crippen MR) is 107 cm³/mol. The Balaban J connectivity index is 1.62. The molecular weight excluding hydrogens is 326 g/mol. The minimum atomic E-state index is 0.399. The highest BCUT2D eigenvalue weighted by Gasteiger charge is 2.22. The van der Waals surface area contributed by atoms with Crippen LogP contribution in [0.15, 0.2) is 12.3 Å². The van der Waals surface area contributed by atoms with Gasteiger partial charge in [-0.15, -0.1) is 0 Å². The second kappa shape index (κ2) is 10.1. The predicted octanol–water partition coefficient (Wildman–Crippen LogP) is 3.16. The highest BCUT2D eigenvalue weighted by atomic mass is 16.5. The van der Waals surface area contributed by atoms with E-state index in [4.69, 9.17) is 9.72 Å². The van der Waals surface area contributed by atoms with Crippen LogP contribution in [0.3, 0.4) is 0 Å². The van der Waals surface area contributed by atoms with Gasteiger partial charge in [-0.1, -0.05) is 19.3 Å². The van der Waals surface area contributed by atoms with Crippen LogP contribution in [0.5, 0.6) is 0 Å². The van der Waals surface area contributed by atoms with E-state index in [2.05, 4.69) is 33.1 Å². The number of anilines is 2. The summed E-state index contributed by atoms with van der Waals surface area (Å²) < 4.78 is 5.35. The lowest BCUT2D eigenvalue weighted by Gasteiger charge is -2.30. The second-order valence-electron chi connectivity index (χ2n) is 7.78. The molecule has 0 spiro atoms. The summed E-state index contributed by atoms with van der Waals surface area (Å²) >= 11 is 0. The molecule has 3 heterocycles. The number of hydrogen-bond acceptors (Lipinski definition) is 6. The molecule has 6 nitrogen and oxygen atoms in total. The first-order valence-electron chi connectivity index (χ1n) is 10.3. The third-order valence-electron chi connectivity index (χ3n) is 5.64. The molecular formula is C20H35N5O. The molecule has 2 atom stereocenters. The summed E-state index contributed by atoms with van der Waals surface area (Å²) in [4.78, 5) is 14.3. The van der Waals surface area contributed by atoms with Crippen molar-refractivity contribution >= 4 is 11.8 Å². The van der Waals surface area contributed by atoms with Crippen molar-refractivity contribution in [3.63, 3.8) is 0 Å². The van der Waals surface area contributed by atoms with Crippen LogP contribution in [-0.2, 0) is 4.74 Å². The molecule has 2 fully saturated rings. The van der Waals surface area contributed by atoms with Gasteiger partial charge in [-0.25, -0.2) is 4.98 Å². The van der Waals surface area contributed by atoms with Gasteiger partial charge in [-0.3, -0.25) is 4.90 Å². The Kier molecular flexibility index (Phi) is 7.50. The van der Waals surface area contributed by atoms with Crippen molar-refractivity contribution in [3.8, 4) is 0 Å². The number of ether oxygens (including phenoxy) is 1. The van der Waals surface area contributed by atoms with E-state index in [0.717, 1.165) is 44.6 Å². The van der Waals surface area contributed by atoms with Gasteiger partial charge < -0.3 is 15.0 Å². The van der Waals surface area contributed by atoms with Gasteiger partial charge in [0.1, 0.15) is 5.82 Å². The maximum Gasteiger partial charge on any atom is 0.224 e. The number of likely N-dealkylation sites (tertiary alicyclic amines) is 1. The average Bonchev–Trinajstić information content (AvgIpc) is 3.05. The summed E-state index contributed by atoms with van der Waals surface area (Å²) in [5, 5.41) is 3.61. The Morgan fingerprint density at radius 2 is 1.92 bits per heavy atom. The Morgan fingerprint density at radius 1 is 1.15 bits per heavy atom. The van der Waals surface area contributed by atoms with Crippen LogP contribution in [0.1, 0.15) is 51.9 Å². The minimum absolute atomic E-state index is 0.399. The van der Waals surface area contributed by atoms with Gasteiger partial charge >= 0.3 is 0 Å². The highest BCUT2D eigenvalue weighted by molar-refractivity contribution is 5.43. The zero-order valence-electron chi connectivity index (χ0n) is 16.5. The number of nitrogens with zero attached hydrogens (tertiary/aromatic N) is 4. The molecule has 2 saturated heterocycles. The molecule has 0 radical (unpaired) electrons. The molecule has 0 saturated carbocycles. The lowest BCUT2D eigenvalue weighted by atomic mass is 10.1.